The van der Waals surface area contributed by atoms with Crippen LogP contribution in [0.3, 0.4) is 0 Å². The molecular formula is C26H17F4N5O2. The van der Waals surface area contributed by atoms with Gasteiger partial charge in [0, 0.05) is 18.5 Å². The zero-order chi connectivity index (χ0) is 25.9. The summed E-state index contributed by atoms with van der Waals surface area (Å²) in [5.41, 5.74) is 1.49. The van der Waals surface area contributed by atoms with Gasteiger partial charge in [0.05, 0.1) is 25.0 Å². The van der Waals surface area contributed by atoms with Gasteiger partial charge in [-0.05, 0) is 47.5 Å². The second-order valence-electron chi connectivity index (χ2n) is 8.08. The Balaban J connectivity index is 1.45. The molecule has 0 saturated heterocycles. The van der Waals surface area contributed by atoms with E-state index in [1.807, 2.05) is 0 Å². The van der Waals surface area contributed by atoms with Gasteiger partial charge in [-0.2, -0.15) is 5.10 Å². The average molecular weight is 507 g/mol. The highest BCUT2D eigenvalue weighted by Crippen LogP contribution is 2.24. The summed E-state index contributed by atoms with van der Waals surface area (Å²) in [6.45, 7) is -0.0448. The van der Waals surface area contributed by atoms with Crippen LogP contribution < -0.4 is 4.90 Å². The maximum Gasteiger partial charge on any atom is 0.280 e. The molecule has 0 fully saturated rings. The molecule has 37 heavy (non-hydrogen) atoms. The molecule has 0 aliphatic carbocycles. The van der Waals surface area contributed by atoms with Crippen LogP contribution in [-0.2, 0) is 13.1 Å². The predicted molar refractivity (Wildman–Crippen MR) is 124 cm³/mol. The number of benzene rings is 2. The normalized spacial score (nSPS) is 11.0. The molecule has 0 bridgehead atoms. The van der Waals surface area contributed by atoms with E-state index in [2.05, 4.69) is 15.2 Å². The monoisotopic (exact) mass is 507 g/mol. The Kier molecular flexibility index (Phi) is 6.50. The predicted octanol–water partition coefficient (Wildman–Crippen LogP) is 5.38. The summed E-state index contributed by atoms with van der Waals surface area (Å²) in [7, 11) is 0. The van der Waals surface area contributed by atoms with Crippen molar-refractivity contribution in [3.05, 3.63) is 119 Å². The van der Waals surface area contributed by atoms with Crippen molar-refractivity contribution in [3.63, 3.8) is 0 Å². The summed E-state index contributed by atoms with van der Waals surface area (Å²) in [5.74, 6) is -4.36. The summed E-state index contributed by atoms with van der Waals surface area (Å²) < 4.78 is 60.9. The molecule has 5 rings (SSSR count). The van der Waals surface area contributed by atoms with Crippen molar-refractivity contribution in [3.8, 4) is 11.5 Å². The standard InChI is InChI=1S/C26H17F4N5O2/c27-19-6-4-16(9-21(19)29)13-34-15-18(12-32-34)35(14-17-5-7-20(28)22(30)10-17)26(36)24-11-25(37-33-24)23-3-1-2-8-31-23/h1-12,15H,13-14H2. The van der Waals surface area contributed by atoms with Gasteiger partial charge >= 0.3 is 0 Å². The number of amides is 1. The fraction of sp³-hybridized carbons (Fsp3) is 0.0769. The van der Waals surface area contributed by atoms with Crippen molar-refractivity contribution in [2.75, 3.05) is 4.90 Å². The van der Waals surface area contributed by atoms with Gasteiger partial charge < -0.3 is 4.52 Å². The minimum atomic E-state index is -1.06. The molecule has 2 aromatic carbocycles. The van der Waals surface area contributed by atoms with E-state index in [9.17, 15) is 22.4 Å². The number of anilines is 1. The molecule has 0 N–H and O–H groups in total. The van der Waals surface area contributed by atoms with Crippen molar-refractivity contribution in [2.24, 2.45) is 0 Å². The molecule has 0 aliphatic heterocycles. The quantitative estimate of drug-likeness (QED) is 0.276. The SMILES string of the molecule is O=C(c1cc(-c2ccccn2)on1)N(Cc1ccc(F)c(F)c1)c1cnn(Cc2ccc(F)c(F)c2)c1. The van der Waals surface area contributed by atoms with Crippen LogP contribution in [0.2, 0.25) is 0 Å². The molecule has 0 unspecified atom stereocenters. The second-order valence-corrected chi connectivity index (χ2v) is 8.08. The first kappa shape index (κ1) is 23.9. The lowest BCUT2D eigenvalue weighted by Crippen LogP contribution is -2.30. The van der Waals surface area contributed by atoms with E-state index in [4.69, 9.17) is 4.52 Å². The fourth-order valence-electron chi connectivity index (χ4n) is 3.65. The van der Waals surface area contributed by atoms with E-state index in [0.717, 1.165) is 24.3 Å². The molecule has 1 amide bonds. The summed E-state index contributed by atoms with van der Waals surface area (Å²) >= 11 is 0. The minimum Gasteiger partial charge on any atom is -0.354 e. The largest absolute Gasteiger partial charge is 0.354 e. The topological polar surface area (TPSA) is 77.1 Å². The minimum absolute atomic E-state index is 0.0448. The van der Waals surface area contributed by atoms with Crippen molar-refractivity contribution < 1.29 is 26.9 Å². The van der Waals surface area contributed by atoms with Gasteiger partial charge in [0.15, 0.2) is 34.7 Å². The molecule has 5 aromatic rings. The lowest BCUT2D eigenvalue weighted by atomic mass is 10.2. The van der Waals surface area contributed by atoms with Gasteiger partial charge in [-0.15, -0.1) is 0 Å². The number of nitrogens with zero attached hydrogens (tertiary/aromatic N) is 5. The lowest BCUT2D eigenvalue weighted by molar-refractivity contribution is 0.0976. The number of pyridine rings is 1. The van der Waals surface area contributed by atoms with Crippen LogP contribution in [0.5, 0.6) is 0 Å². The van der Waals surface area contributed by atoms with Crippen molar-refractivity contribution >= 4 is 11.6 Å². The zero-order valence-corrected chi connectivity index (χ0v) is 19.0. The number of aromatic nitrogens is 4. The van der Waals surface area contributed by atoms with Crippen molar-refractivity contribution in [1.29, 1.82) is 0 Å². The maximum absolute atomic E-state index is 13.9. The molecule has 3 aromatic heterocycles. The molecule has 0 saturated carbocycles. The first-order valence-corrected chi connectivity index (χ1v) is 11.0. The Hall–Kier alpha value is -4.80. The number of carbonyl (C=O) groups excluding carboxylic acids is 1. The van der Waals surface area contributed by atoms with Gasteiger partial charge in [0.2, 0.25) is 0 Å². The van der Waals surface area contributed by atoms with Crippen LogP contribution in [0.1, 0.15) is 21.6 Å². The van der Waals surface area contributed by atoms with Crippen LogP contribution in [0.4, 0.5) is 23.2 Å². The molecule has 11 heteroatoms. The van der Waals surface area contributed by atoms with E-state index < -0.39 is 29.2 Å². The Labute approximate surface area is 207 Å². The number of hydrogen-bond donors (Lipinski definition) is 0. The third kappa shape index (κ3) is 5.25. The van der Waals surface area contributed by atoms with E-state index >= 15 is 0 Å². The maximum atomic E-state index is 13.9. The summed E-state index contributed by atoms with van der Waals surface area (Å²) in [5, 5.41) is 8.07. The molecular weight excluding hydrogens is 490 g/mol. The summed E-state index contributed by atoms with van der Waals surface area (Å²) in [6, 6.07) is 13.4. The number of hydrogen-bond acceptors (Lipinski definition) is 5. The van der Waals surface area contributed by atoms with Crippen LogP contribution in [0, 0.1) is 23.3 Å². The first-order chi connectivity index (χ1) is 17.9. The van der Waals surface area contributed by atoms with Crippen molar-refractivity contribution in [2.45, 2.75) is 13.1 Å². The van der Waals surface area contributed by atoms with Gasteiger partial charge in [0.1, 0.15) is 5.69 Å². The van der Waals surface area contributed by atoms with E-state index in [1.54, 1.807) is 24.4 Å². The number of rotatable bonds is 7. The fourth-order valence-corrected chi connectivity index (χ4v) is 3.65. The third-order valence-corrected chi connectivity index (χ3v) is 5.48. The second kappa shape index (κ2) is 10.1. The molecule has 0 atom stereocenters. The summed E-state index contributed by atoms with van der Waals surface area (Å²) in [4.78, 5) is 18.9. The number of halogens is 4. The van der Waals surface area contributed by atoms with Crippen LogP contribution >= 0.6 is 0 Å². The molecule has 0 aliphatic rings. The Morgan fingerprint density at radius 2 is 1.62 bits per heavy atom. The third-order valence-electron chi connectivity index (χ3n) is 5.48. The van der Waals surface area contributed by atoms with E-state index in [1.165, 1.54) is 40.2 Å². The lowest BCUT2D eigenvalue weighted by Gasteiger charge is -2.20. The van der Waals surface area contributed by atoms with E-state index in [0.29, 0.717) is 22.5 Å². The highest BCUT2D eigenvalue weighted by molar-refractivity contribution is 6.04. The van der Waals surface area contributed by atoms with Gasteiger partial charge in [0.25, 0.3) is 5.91 Å². The first-order valence-electron chi connectivity index (χ1n) is 11.0. The van der Waals surface area contributed by atoms with Crippen LogP contribution in [0.25, 0.3) is 11.5 Å². The highest BCUT2D eigenvalue weighted by Gasteiger charge is 2.24. The highest BCUT2D eigenvalue weighted by atomic mass is 19.2. The molecule has 0 radical (unpaired) electrons. The average Bonchev–Trinajstić information content (AvgIpc) is 3.57. The molecule has 0 spiro atoms. The summed E-state index contributed by atoms with van der Waals surface area (Å²) in [6.07, 6.45) is 4.46. The van der Waals surface area contributed by atoms with Crippen molar-refractivity contribution in [1.82, 2.24) is 19.9 Å². The zero-order valence-electron chi connectivity index (χ0n) is 19.0. The molecule has 7 nitrogen and oxygen atoms in total. The molecule has 3 heterocycles. The van der Waals surface area contributed by atoms with Crippen LogP contribution in [0.15, 0.2) is 83.8 Å². The Bertz CT molecular complexity index is 1570. The van der Waals surface area contributed by atoms with Gasteiger partial charge in [-0.1, -0.05) is 23.4 Å². The Morgan fingerprint density at radius 1 is 0.892 bits per heavy atom. The van der Waals surface area contributed by atoms with Gasteiger partial charge in [-0.3, -0.25) is 19.4 Å². The smallest absolute Gasteiger partial charge is 0.280 e. The Morgan fingerprint density at radius 3 is 2.32 bits per heavy atom. The van der Waals surface area contributed by atoms with Crippen LogP contribution in [-0.4, -0.2) is 25.8 Å². The van der Waals surface area contributed by atoms with E-state index in [-0.39, 0.29) is 24.5 Å². The van der Waals surface area contributed by atoms with Gasteiger partial charge in [-0.25, -0.2) is 17.6 Å². The molecule has 186 valence electrons. The number of carbonyl (C=O) groups is 1.